The Labute approximate surface area is 145 Å². The fourth-order valence-electron chi connectivity index (χ4n) is 2.80. The first-order valence-corrected chi connectivity index (χ1v) is 8.27. The number of nitrogens with zero attached hydrogens (tertiary/aromatic N) is 1. The zero-order valence-electron chi connectivity index (χ0n) is 13.9. The van der Waals surface area contributed by atoms with Crippen LogP contribution in [0.2, 0.25) is 5.02 Å². The van der Waals surface area contributed by atoms with Crippen molar-refractivity contribution < 1.29 is 4.74 Å². The highest BCUT2D eigenvalue weighted by Crippen LogP contribution is 2.25. The molecule has 126 valence electrons. The van der Waals surface area contributed by atoms with Gasteiger partial charge in [0.25, 0.3) is 5.56 Å². The van der Waals surface area contributed by atoms with Crippen LogP contribution in [0.3, 0.4) is 0 Å². The molecule has 6 heteroatoms. The molecule has 0 spiro atoms. The molecule has 0 atom stereocenters. The molecule has 24 heavy (non-hydrogen) atoms. The summed E-state index contributed by atoms with van der Waals surface area (Å²) < 4.78 is 5.39. The Morgan fingerprint density at radius 3 is 2.83 bits per heavy atom. The lowest BCUT2D eigenvalue weighted by Gasteiger charge is -2.10. The summed E-state index contributed by atoms with van der Waals surface area (Å²) in [6, 6.07) is 5.69. The summed E-state index contributed by atoms with van der Waals surface area (Å²) in [6.45, 7) is 4.11. The van der Waals surface area contributed by atoms with Crippen LogP contribution in [0.15, 0.2) is 29.2 Å². The Balaban J connectivity index is 2.01. The molecule has 0 saturated heterocycles. The third-order valence-electron chi connectivity index (χ3n) is 3.91. The number of aromatic nitrogens is 3. The molecular weight excluding hydrogens is 326 g/mol. The number of rotatable bonds is 5. The van der Waals surface area contributed by atoms with E-state index in [-0.39, 0.29) is 5.56 Å². The van der Waals surface area contributed by atoms with E-state index in [0.29, 0.717) is 41.1 Å². The standard InChI is InChI=1S/C18H20ClN3O2/c1-10(2)6-15-17(23)21-16(18(22-15)24-3)7-11-9-20-14-5-4-12(19)8-13(11)14/h4-5,8-10,20H,6-7H2,1-3H3,(H,21,23). The van der Waals surface area contributed by atoms with E-state index in [0.717, 1.165) is 16.5 Å². The van der Waals surface area contributed by atoms with Gasteiger partial charge >= 0.3 is 0 Å². The first kappa shape index (κ1) is 16.6. The van der Waals surface area contributed by atoms with Crippen LogP contribution >= 0.6 is 11.6 Å². The minimum absolute atomic E-state index is 0.155. The number of hydrogen-bond acceptors (Lipinski definition) is 3. The van der Waals surface area contributed by atoms with Gasteiger partial charge in [0.05, 0.1) is 12.8 Å². The molecule has 1 aromatic carbocycles. The van der Waals surface area contributed by atoms with Crippen molar-refractivity contribution in [3.05, 3.63) is 56.7 Å². The normalized spacial score (nSPS) is 11.4. The van der Waals surface area contributed by atoms with E-state index < -0.39 is 0 Å². The zero-order valence-corrected chi connectivity index (χ0v) is 14.7. The SMILES string of the molecule is COc1nc(CC(C)C)c(=O)[nH]c1Cc1c[nH]c2ccc(Cl)cc12. The van der Waals surface area contributed by atoms with E-state index in [1.807, 2.05) is 24.4 Å². The van der Waals surface area contributed by atoms with Crippen molar-refractivity contribution in [1.29, 1.82) is 0 Å². The van der Waals surface area contributed by atoms with Crippen LogP contribution in [0, 0.1) is 5.92 Å². The number of fused-ring (bicyclic) bond motifs is 1. The van der Waals surface area contributed by atoms with E-state index in [1.165, 1.54) is 0 Å². The highest BCUT2D eigenvalue weighted by Gasteiger charge is 2.14. The maximum absolute atomic E-state index is 12.3. The molecule has 3 aromatic rings. The first-order valence-electron chi connectivity index (χ1n) is 7.89. The van der Waals surface area contributed by atoms with Gasteiger partial charge in [0.15, 0.2) is 0 Å². The average Bonchev–Trinajstić information content (AvgIpc) is 2.92. The van der Waals surface area contributed by atoms with Gasteiger partial charge < -0.3 is 14.7 Å². The number of hydrogen-bond donors (Lipinski definition) is 2. The summed E-state index contributed by atoms with van der Waals surface area (Å²) in [5.74, 6) is 0.812. The van der Waals surface area contributed by atoms with Crippen LogP contribution < -0.4 is 10.3 Å². The molecule has 0 aliphatic rings. The Morgan fingerprint density at radius 1 is 1.33 bits per heavy atom. The van der Waals surface area contributed by atoms with Gasteiger partial charge in [-0.1, -0.05) is 25.4 Å². The number of nitrogens with one attached hydrogen (secondary N) is 2. The summed E-state index contributed by atoms with van der Waals surface area (Å²) in [4.78, 5) is 22.8. The molecule has 0 radical (unpaired) electrons. The van der Waals surface area contributed by atoms with E-state index in [2.05, 4.69) is 28.8 Å². The molecule has 3 rings (SSSR count). The lowest BCUT2D eigenvalue weighted by atomic mass is 10.1. The average molecular weight is 346 g/mol. The number of methoxy groups -OCH3 is 1. The lowest BCUT2D eigenvalue weighted by Crippen LogP contribution is -2.20. The zero-order chi connectivity index (χ0) is 17.3. The second-order valence-corrected chi connectivity index (χ2v) is 6.72. The second-order valence-electron chi connectivity index (χ2n) is 6.28. The van der Waals surface area contributed by atoms with Crippen molar-refractivity contribution in [2.75, 3.05) is 7.11 Å². The molecular formula is C18H20ClN3O2. The van der Waals surface area contributed by atoms with E-state index in [4.69, 9.17) is 16.3 Å². The monoisotopic (exact) mass is 345 g/mol. The van der Waals surface area contributed by atoms with Crippen LogP contribution in [0.1, 0.15) is 30.8 Å². The molecule has 0 unspecified atom stereocenters. The molecule has 0 aliphatic heterocycles. The fraction of sp³-hybridized carbons (Fsp3) is 0.333. The molecule has 5 nitrogen and oxygen atoms in total. The largest absolute Gasteiger partial charge is 0.480 e. The molecule has 0 fully saturated rings. The Bertz CT molecular complexity index is 928. The molecule has 0 aliphatic carbocycles. The molecule has 0 amide bonds. The van der Waals surface area contributed by atoms with E-state index in [1.54, 1.807) is 7.11 Å². The Kier molecular flexibility index (Phi) is 4.62. The van der Waals surface area contributed by atoms with Crippen LogP contribution in [-0.4, -0.2) is 22.1 Å². The fourth-order valence-corrected chi connectivity index (χ4v) is 2.98. The number of ether oxygens (including phenoxy) is 1. The summed E-state index contributed by atoms with van der Waals surface area (Å²) in [5, 5.41) is 1.70. The number of H-pyrrole nitrogens is 2. The van der Waals surface area contributed by atoms with Crippen LogP contribution in [-0.2, 0) is 12.8 Å². The highest BCUT2D eigenvalue weighted by molar-refractivity contribution is 6.31. The smallest absolute Gasteiger partial charge is 0.270 e. The van der Waals surface area contributed by atoms with Gasteiger partial charge in [-0.2, -0.15) is 0 Å². The third-order valence-corrected chi connectivity index (χ3v) is 4.15. The highest BCUT2D eigenvalue weighted by atomic mass is 35.5. The third kappa shape index (κ3) is 3.31. The summed E-state index contributed by atoms with van der Waals surface area (Å²) in [5.41, 5.74) is 3.04. The topological polar surface area (TPSA) is 70.8 Å². The van der Waals surface area contributed by atoms with Gasteiger partial charge in [0.1, 0.15) is 5.69 Å². The first-order chi connectivity index (χ1) is 11.5. The lowest BCUT2D eigenvalue weighted by molar-refractivity contribution is 0.386. The molecule has 0 saturated carbocycles. The number of halogens is 1. The van der Waals surface area contributed by atoms with Crippen LogP contribution in [0.5, 0.6) is 5.88 Å². The molecule has 2 aromatic heterocycles. The van der Waals surface area contributed by atoms with Crippen molar-refractivity contribution in [3.8, 4) is 5.88 Å². The predicted molar refractivity (Wildman–Crippen MR) is 96.1 cm³/mol. The quantitative estimate of drug-likeness (QED) is 0.740. The summed E-state index contributed by atoms with van der Waals surface area (Å²) >= 11 is 6.09. The summed E-state index contributed by atoms with van der Waals surface area (Å²) in [6.07, 6.45) is 3.04. The van der Waals surface area contributed by atoms with E-state index in [9.17, 15) is 4.79 Å². The Morgan fingerprint density at radius 2 is 2.12 bits per heavy atom. The maximum atomic E-state index is 12.3. The maximum Gasteiger partial charge on any atom is 0.270 e. The molecule has 0 bridgehead atoms. The molecule has 2 N–H and O–H groups in total. The van der Waals surface area contributed by atoms with Gasteiger partial charge in [-0.25, -0.2) is 4.98 Å². The molecule has 2 heterocycles. The number of benzene rings is 1. The van der Waals surface area contributed by atoms with Crippen molar-refractivity contribution in [3.63, 3.8) is 0 Å². The number of aromatic amines is 2. The van der Waals surface area contributed by atoms with Gasteiger partial charge in [-0.05, 0) is 36.1 Å². The predicted octanol–water partition coefficient (Wildman–Crippen LogP) is 3.70. The van der Waals surface area contributed by atoms with Gasteiger partial charge in [0.2, 0.25) is 5.88 Å². The van der Waals surface area contributed by atoms with E-state index >= 15 is 0 Å². The van der Waals surface area contributed by atoms with Crippen LogP contribution in [0.4, 0.5) is 0 Å². The minimum atomic E-state index is -0.155. The van der Waals surface area contributed by atoms with Gasteiger partial charge in [-0.3, -0.25) is 4.79 Å². The van der Waals surface area contributed by atoms with Crippen molar-refractivity contribution in [2.24, 2.45) is 5.92 Å². The summed E-state index contributed by atoms with van der Waals surface area (Å²) in [7, 11) is 1.56. The Hall–Kier alpha value is -2.27. The minimum Gasteiger partial charge on any atom is -0.480 e. The second kappa shape index (κ2) is 6.69. The van der Waals surface area contributed by atoms with Gasteiger partial charge in [-0.15, -0.1) is 0 Å². The van der Waals surface area contributed by atoms with Gasteiger partial charge in [0, 0.05) is 28.5 Å². The van der Waals surface area contributed by atoms with Crippen LogP contribution in [0.25, 0.3) is 10.9 Å². The van der Waals surface area contributed by atoms with Crippen molar-refractivity contribution in [1.82, 2.24) is 15.0 Å². The van der Waals surface area contributed by atoms with Crippen molar-refractivity contribution >= 4 is 22.5 Å². The van der Waals surface area contributed by atoms with Crippen molar-refractivity contribution in [2.45, 2.75) is 26.7 Å².